The van der Waals surface area contributed by atoms with Gasteiger partial charge in [-0.05, 0) is 0 Å². The molecule has 0 unspecified atom stereocenters. The van der Waals surface area contributed by atoms with Gasteiger partial charge in [-0.2, -0.15) is 4.98 Å². The lowest BCUT2D eigenvalue weighted by Gasteiger charge is -2.09. The Kier molecular flexibility index (Phi) is 7.75. The van der Waals surface area contributed by atoms with Gasteiger partial charge in [0.05, 0.1) is 19.8 Å². The van der Waals surface area contributed by atoms with Crippen LogP contribution >= 0.6 is 0 Å². The Balaban J connectivity index is 2.41. The van der Waals surface area contributed by atoms with Crippen molar-refractivity contribution in [2.45, 2.75) is 6.61 Å². The van der Waals surface area contributed by atoms with Gasteiger partial charge < -0.3 is 24.4 Å². The largest absolute Gasteiger partial charge is 0.475 e. The van der Waals surface area contributed by atoms with Crippen molar-refractivity contribution in [2.75, 3.05) is 46.1 Å². The van der Waals surface area contributed by atoms with Crippen LogP contribution < -0.4 is 16.0 Å². The monoisotopic (exact) mass is 272 g/mol. The number of hydrogen-bond acceptors (Lipinski definition) is 8. The van der Waals surface area contributed by atoms with Gasteiger partial charge in [0.2, 0.25) is 5.88 Å². The molecule has 0 bridgehead atoms. The number of ether oxygens (including phenoxy) is 4. The average Bonchev–Trinajstić information content (AvgIpc) is 2.43. The third kappa shape index (κ3) is 6.30. The molecule has 0 amide bonds. The van der Waals surface area contributed by atoms with E-state index in [2.05, 4.69) is 15.4 Å². The molecule has 0 aliphatic rings. The van der Waals surface area contributed by atoms with Crippen LogP contribution in [0.15, 0.2) is 6.07 Å². The van der Waals surface area contributed by atoms with Crippen LogP contribution in [0, 0.1) is 0 Å². The quantitative estimate of drug-likeness (QED) is 0.347. The van der Waals surface area contributed by atoms with Gasteiger partial charge in [-0.25, -0.2) is 10.8 Å². The maximum absolute atomic E-state index is 5.45. The predicted molar refractivity (Wildman–Crippen MR) is 68.7 cm³/mol. The first-order valence-electron chi connectivity index (χ1n) is 5.83. The highest BCUT2D eigenvalue weighted by molar-refractivity contribution is 5.36. The van der Waals surface area contributed by atoms with E-state index in [1.165, 1.54) is 0 Å². The minimum atomic E-state index is 0.288. The Morgan fingerprint density at radius 2 is 1.89 bits per heavy atom. The van der Waals surface area contributed by atoms with Gasteiger partial charge in [0.15, 0.2) is 5.82 Å². The smallest absolute Gasteiger partial charge is 0.218 e. The lowest BCUT2D eigenvalue weighted by Crippen LogP contribution is -2.14. The molecule has 19 heavy (non-hydrogen) atoms. The van der Waals surface area contributed by atoms with Crippen LogP contribution in [-0.4, -0.2) is 50.6 Å². The van der Waals surface area contributed by atoms with E-state index < -0.39 is 0 Å². The topological polar surface area (TPSA) is 101 Å². The summed E-state index contributed by atoms with van der Waals surface area (Å²) in [5, 5.41) is 0. The summed E-state index contributed by atoms with van der Waals surface area (Å²) in [6.07, 6.45) is 0. The molecule has 1 heterocycles. The first kappa shape index (κ1) is 15.6. The number of rotatable bonds is 10. The number of hydrogen-bond donors (Lipinski definition) is 2. The Labute approximate surface area is 112 Å². The van der Waals surface area contributed by atoms with E-state index in [1.54, 1.807) is 20.3 Å². The fraction of sp³-hybridized carbons (Fsp3) is 0.636. The molecular weight excluding hydrogens is 252 g/mol. The van der Waals surface area contributed by atoms with Crippen LogP contribution in [0.2, 0.25) is 0 Å². The van der Waals surface area contributed by atoms with E-state index in [-0.39, 0.29) is 6.61 Å². The summed E-state index contributed by atoms with van der Waals surface area (Å²) in [6, 6.07) is 1.61. The Morgan fingerprint density at radius 1 is 1.11 bits per heavy atom. The number of methoxy groups -OCH3 is 2. The van der Waals surface area contributed by atoms with Crippen molar-refractivity contribution in [2.24, 2.45) is 5.84 Å². The lowest BCUT2D eigenvalue weighted by atomic mass is 10.5. The molecule has 0 saturated heterocycles. The minimum Gasteiger partial charge on any atom is -0.475 e. The molecule has 0 atom stereocenters. The number of aromatic nitrogens is 2. The summed E-state index contributed by atoms with van der Waals surface area (Å²) in [5.41, 5.74) is 2.45. The molecule has 0 radical (unpaired) electrons. The second-order valence-electron chi connectivity index (χ2n) is 3.54. The number of nitrogens with zero attached hydrogens (tertiary/aromatic N) is 2. The molecule has 0 aliphatic carbocycles. The minimum absolute atomic E-state index is 0.288. The van der Waals surface area contributed by atoms with E-state index in [1.807, 2.05) is 0 Å². The molecule has 0 fully saturated rings. The van der Waals surface area contributed by atoms with E-state index >= 15 is 0 Å². The van der Waals surface area contributed by atoms with Crippen molar-refractivity contribution in [1.82, 2.24) is 9.97 Å². The number of nitrogens with one attached hydrogen (secondary N) is 1. The van der Waals surface area contributed by atoms with Crippen LogP contribution in [0.4, 0.5) is 5.82 Å². The molecule has 0 aromatic carbocycles. The normalized spacial score (nSPS) is 10.5. The molecule has 1 aromatic rings. The van der Waals surface area contributed by atoms with Crippen molar-refractivity contribution in [1.29, 1.82) is 0 Å². The van der Waals surface area contributed by atoms with Gasteiger partial charge in [0.25, 0.3) is 0 Å². The molecule has 0 saturated carbocycles. The second kappa shape index (κ2) is 9.45. The zero-order chi connectivity index (χ0) is 13.9. The first-order chi connectivity index (χ1) is 9.30. The van der Waals surface area contributed by atoms with E-state index in [9.17, 15) is 0 Å². The molecule has 0 aliphatic heterocycles. The van der Waals surface area contributed by atoms with Gasteiger partial charge in [-0.1, -0.05) is 0 Å². The van der Waals surface area contributed by atoms with E-state index in [0.717, 1.165) is 0 Å². The van der Waals surface area contributed by atoms with Crippen LogP contribution in [0.25, 0.3) is 0 Å². The second-order valence-corrected chi connectivity index (χ2v) is 3.54. The lowest BCUT2D eigenvalue weighted by molar-refractivity contribution is 0.0535. The molecule has 3 N–H and O–H groups in total. The van der Waals surface area contributed by atoms with Crippen molar-refractivity contribution in [3.05, 3.63) is 11.9 Å². The van der Waals surface area contributed by atoms with E-state index in [0.29, 0.717) is 43.9 Å². The van der Waals surface area contributed by atoms with Crippen molar-refractivity contribution in [3.8, 4) is 5.88 Å². The summed E-state index contributed by atoms with van der Waals surface area (Å²) in [5.74, 6) is 6.70. The summed E-state index contributed by atoms with van der Waals surface area (Å²) in [7, 11) is 3.19. The highest BCUT2D eigenvalue weighted by atomic mass is 16.5. The van der Waals surface area contributed by atoms with Crippen molar-refractivity contribution >= 4 is 5.82 Å². The Hall–Kier alpha value is -1.48. The summed E-state index contributed by atoms with van der Waals surface area (Å²) >= 11 is 0. The zero-order valence-corrected chi connectivity index (χ0v) is 11.2. The highest BCUT2D eigenvalue weighted by Crippen LogP contribution is 2.13. The molecule has 108 valence electrons. The molecule has 8 heteroatoms. The molecule has 1 aromatic heterocycles. The van der Waals surface area contributed by atoms with Crippen LogP contribution in [0.5, 0.6) is 5.88 Å². The maximum atomic E-state index is 5.45. The molecule has 1 rings (SSSR count). The van der Waals surface area contributed by atoms with Crippen molar-refractivity contribution in [3.63, 3.8) is 0 Å². The fourth-order valence-corrected chi connectivity index (χ4v) is 1.26. The SMILES string of the molecule is COCCOCCOc1cc(NN)nc(COC)n1. The molecule has 0 spiro atoms. The van der Waals surface area contributed by atoms with Gasteiger partial charge in [-0.3, -0.25) is 0 Å². The zero-order valence-electron chi connectivity index (χ0n) is 11.2. The van der Waals surface area contributed by atoms with Gasteiger partial charge in [-0.15, -0.1) is 0 Å². The fourth-order valence-electron chi connectivity index (χ4n) is 1.26. The third-order valence-corrected chi connectivity index (χ3v) is 2.08. The van der Waals surface area contributed by atoms with Crippen LogP contribution in [0.1, 0.15) is 5.82 Å². The van der Waals surface area contributed by atoms with Crippen LogP contribution in [0.3, 0.4) is 0 Å². The average molecular weight is 272 g/mol. The summed E-state index contributed by atoms with van der Waals surface area (Å²) in [6.45, 7) is 2.23. The van der Waals surface area contributed by atoms with Gasteiger partial charge in [0.1, 0.15) is 19.0 Å². The van der Waals surface area contributed by atoms with Gasteiger partial charge in [0, 0.05) is 20.3 Å². The molecular formula is C11H20N4O4. The first-order valence-corrected chi connectivity index (χ1v) is 5.83. The molecule has 8 nitrogen and oxygen atoms in total. The number of hydrazine groups is 1. The third-order valence-electron chi connectivity index (χ3n) is 2.08. The highest BCUT2D eigenvalue weighted by Gasteiger charge is 2.04. The number of anilines is 1. The Bertz CT molecular complexity index is 365. The van der Waals surface area contributed by atoms with Crippen molar-refractivity contribution < 1.29 is 18.9 Å². The van der Waals surface area contributed by atoms with E-state index in [4.69, 9.17) is 24.8 Å². The summed E-state index contributed by atoms with van der Waals surface area (Å²) in [4.78, 5) is 8.28. The van der Waals surface area contributed by atoms with Gasteiger partial charge >= 0.3 is 0 Å². The maximum Gasteiger partial charge on any atom is 0.218 e. The summed E-state index contributed by atoms with van der Waals surface area (Å²) < 4.78 is 20.5. The predicted octanol–water partition coefficient (Wildman–Crippen LogP) is -0.0496. The standard InChI is InChI=1S/C11H20N4O4/c1-16-3-4-18-5-6-19-11-7-9(15-12)13-10(14-11)8-17-2/h7H,3-6,8,12H2,1-2H3,(H,13,14,15). The van der Waals surface area contributed by atoms with Crippen LogP contribution in [-0.2, 0) is 20.8 Å². The number of nitrogens with two attached hydrogens (primary N) is 1. The Morgan fingerprint density at radius 3 is 2.58 bits per heavy atom. The number of nitrogen functional groups attached to an aromatic ring is 1.